The molecule has 0 aliphatic carbocycles. The quantitative estimate of drug-likeness (QED) is 0.858. The summed E-state index contributed by atoms with van der Waals surface area (Å²) in [5.74, 6) is -2.11. The van der Waals surface area contributed by atoms with Gasteiger partial charge in [0.25, 0.3) is 0 Å². The molecule has 1 N–H and O–H groups in total. The second kappa shape index (κ2) is 7.13. The van der Waals surface area contributed by atoms with Gasteiger partial charge >= 0.3 is 5.97 Å². The van der Waals surface area contributed by atoms with Crippen molar-refractivity contribution >= 4 is 5.97 Å². The number of nitrogens with one attached hydrogen (secondary N) is 1. The molecule has 3 nitrogen and oxygen atoms in total. The largest absolute Gasteiger partial charge is 0.465 e. The highest BCUT2D eigenvalue weighted by Gasteiger charge is 2.10. The summed E-state index contributed by atoms with van der Waals surface area (Å²) in [6.45, 7) is 2.35. The number of halogens is 2. The van der Waals surface area contributed by atoms with Crippen LogP contribution in [0.4, 0.5) is 8.78 Å². The molecule has 0 heterocycles. The molecule has 0 aromatic heterocycles. The Morgan fingerprint density at radius 3 is 2.64 bits per heavy atom. The van der Waals surface area contributed by atoms with Crippen LogP contribution in [0.15, 0.2) is 42.5 Å². The van der Waals surface area contributed by atoms with E-state index in [4.69, 9.17) is 0 Å². The lowest BCUT2D eigenvalue weighted by Crippen LogP contribution is -2.18. The van der Waals surface area contributed by atoms with Gasteiger partial charge in [0.1, 0.15) is 0 Å². The standard InChI is InChI=1S/C17H17F2NO2/c1-11(13-6-7-15(18)16(19)9-13)20-10-12-4-3-5-14(8-12)17(21)22-2/h3-9,11,20H,10H2,1-2H3/t11-/m1/s1. The van der Waals surface area contributed by atoms with Crippen LogP contribution in [0.1, 0.15) is 34.5 Å². The van der Waals surface area contributed by atoms with Gasteiger partial charge in [-0.2, -0.15) is 0 Å². The number of carbonyl (C=O) groups is 1. The van der Waals surface area contributed by atoms with Crippen molar-refractivity contribution < 1.29 is 18.3 Å². The predicted octanol–water partition coefficient (Wildman–Crippen LogP) is 3.60. The van der Waals surface area contributed by atoms with Crippen LogP contribution < -0.4 is 5.32 Å². The van der Waals surface area contributed by atoms with Gasteiger partial charge in [0.05, 0.1) is 12.7 Å². The van der Waals surface area contributed by atoms with E-state index in [1.165, 1.54) is 13.2 Å². The molecule has 0 spiro atoms. The fourth-order valence-electron chi connectivity index (χ4n) is 2.10. The van der Waals surface area contributed by atoms with E-state index in [0.29, 0.717) is 17.7 Å². The molecule has 0 saturated carbocycles. The summed E-state index contributed by atoms with van der Waals surface area (Å²) in [6.07, 6.45) is 0. The Morgan fingerprint density at radius 1 is 1.18 bits per heavy atom. The minimum absolute atomic E-state index is 0.156. The highest BCUT2D eigenvalue weighted by Crippen LogP contribution is 2.17. The minimum atomic E-state index is -0.862. The van der Waals surface area contributed by atoms with Crippen LogP contribution in [0.2, 0.25) is 0 Å². The van der Waals surface area contributed by atoms with Crippen molar-refractivity contribution in [1.29, 1.82) is 0 Å². The number of hydrogen-bond acceptors (Lipinski definition) is 3. The lowest BCUT2D eigenvalue weighted by atomic mass is 10.1. The molecule has 116 valence electrons. The average molecular weight is 305 g/mol. The second-order valence-corrected chi connectivity index (χ2v) is 4.97. The summed E-state index contributed by atoms with van der Waals surface area (Å²) in [7, 11) is 1.33. The Labute approximate surface area is 127 Å². The van der Waals surface area contributed by atoms with E-state index < -0.39 is 17.6 Å². The number of carbonyl (C=O) groups excluding carboxylic acids is 1. The highest BCUT2D eigenvalue weighted by molar-refractivity contribution is 5.89. The molecule has 1 atom stereocenters. The van der Waals surface area contributed by atoms with E-state index in [-0.39, 0.29) is 6.04 Å². The topological polar surface area (TPSA) is 38.3 Å². The van der Waals surface area contributed by atoms with Crippen molar-refractivity contribution in [3.05, 3.63) is 70.8 Å². The molecule has 0 aliphatic rings. The van der Waals surface area contributed by atoms with Crippen molar-refractivity contribution in [3.8, 4) is 0 Å². The van der Waals surface area contributed by atoms with Gasteiger partial charge < -0.3 is 10.1 Å². The van der Waals surface area contributed by atoms with E-state index in [0.717, 1.165) is 11.6 Å². The van der Waals surface area contributed by atoms with Crippen LogP contribution in [0, 0.1) is 11.6 Å². The summed E-state index contributed by atoms with van der Waals surface area (Å²) in [4.78, 5) is 11.5. The molecular formula is C17H17F2NO2. The van der Waals surface area contributed by atoms with Gasteiger partial charge in [0.15, 0.2) is 11.6 Å². The number of ether oxygens (including phenoxy) is 1. The Kier molecular flexibility index (Phi) is 5.22. The van der Waals surface area contributed by atoms with Gasteiger partial charge in [-0.05, 0) is 42.3 Å². The third-order valence-electron chi connectivity index (χ3n) is 3.40. The van der Waals surface area contributed by atoms with Crippen LogP contribution in [0.25, 0.3) is 0 Å². The van der Waals surface area contributed by atoms with Crippen molar-refractivity contribution in [1.82, 2.24) is 5.32 Å². The molecule has 0 unspecified atom stereocenters. The smallest absolute Gasteiger partial charge is 0.337 e. The van der Waals surface area contributed by atoms with Gasteiger partial charge in [-0.3, -0.25) is 0 Å². The molecule has 2 aromatic rings. The first-order valence-electron chi connectivity index (χ1n) is 6.87. The second-order valence-electron chi connectivity index (χ2n) is 4.97. The number of esters is 1. The molecule has 0 radical (unpaired) electrons. The van der Waals surface area contributed by atoms with Crippen LogP contribution in [0.5, 0.6) is 0 Å². The number of hydrogen-bond donors (Lipinski definition) is 1. The van der Waals surface area contributed by atoms with E-state index in [9.17, 15) is 13.6 Å². The Bertz CT molecular complexity index is 673. The molecule has 0 amide bonds. The third-order valence-corrected chi connectivity index (χ3v) is 3.40. The average Bonchev–Trinajstić information content (AvgIpc) is 2.54. The number of rotatable bonds is 5. The maximum absolute atomic E-state index is 13.2. The van der Waals surface area contributed by atoms with Gasteiger partial charge in [0, 0.05) is 12.6 Å². The zero-order valence-corrected chi connectivity index (χ0v) is 12.4. The van der Waals surface area contributed by atoms with Crippen molar-refractivity contribution in [2.75, 3.05) is 7.11 Å². The van der Waals surface area contributed by atoms with Gasteiger partial charge in [-0.25, -0.2) is 13.6 Å². The Balaban J connectivity index is 2.03. The maximum atomic E-state index is 13.2. The van der Waals surface area contributed by atoms with E-state index >= 15 is 0 Å². The fraction of sp³-hybridized carbons (Fsp3) is 0.235. The third kappa shape index (κ3) is 3.89. The van der Waals surface area contributed by atoms with E-state index in [2.05, 4.69) is 10.1 Å². The number of benzene rings is 2. The van der Waals surface area contributed by atoms with E-state index in [1.807, 2.05) is 13.0 Å². The van der Waals surface area contributed by atoms with Crippen LogP contribution >= 0.6 is 0 Å². The lowest BCUT2D eigenvalue weighted by molar-refractivity contribution is 0.0600. The molecule has 5 heteroatoms. The molecule has 2 rings (SSSR count). The SMILES string of the molecule is COC(=O)c1cccc(CN[C@H](C)c2ccc(F)c(F)c2)c1. The molecule has 22 heavy (non-hydrogen) atoms. The van der Waals surface area contributed by atoms with E-state index in [1.54, 1.807) is 24.3 Å². The summed E-state index contributed by atoms with van der Waals surface area (Å²) in [6, 6.07) is 10.7. The highest BCUT2D eigenvalue weighted by atomic mass is 19.2. The van der Waals surface area contributed by atoms with Gasteiger partial charge in [-0.15, -0.1) is 0 Å². The van der Waals surface area contributed by atoms with Crippen LogP contribution in [0.3, 0.4) is 0 Å². The minimum Gasteiger partial charge on any atom is -0.465 e. The Morgan fingerprint density at radius 2 is 1.95 bits per heavy atom. The van der Waals surface area contributed by atoms with Crippen LogP contribution in [-0.4, -0.2) is 13.1 Å². The molecule has 0 fully saturated rings. The summed E-state index contributed by atoms with van der Waals surface area (Å²) in [5, 5.41) is 3.20. The Hall–Kier alpha value is -2.27. The number of methoxy groups -OCH3 is 1. The monoisotopic (exact) mass is 305 g/mol. The molecule has 0 aliphatic heterocycles. The van der Waals surface area contributed by atoms with Crippen molar-refractivity contribution in [2.24, 2.45) is 0 Å². The first-order chi connectivity index (χ1) is 10.5. The fourth-order valence-corrected chi connectivity index (χ4v) is 2.10. The zero-order chi connectivity index (χ0) is 16.1. The van der Waals surface area contributed by atoms with Gasteiger partial charge in [0.2, 0.25) is 0 Å². The molecule has 0 saturated heterocycles. The molecule has 2 aromatic carbocycles. The molecule has 0 bridgehead atoms. The zero-order valence-electron chi connectivity index (χ0n) is 12.4. The summed E-state index contributed by atoms with van der Waals surface area (Å²) < 4.78 is 30.8. The van der Waals surface area contributed by atoms with Crippen molar-refractivity contribution in [2.45, 2.75) is 19.5 Å². The van der Waals surface area contributed by atoms with Crippen LogP contribution in [-0.2, 0) is 11.3 Å². The maximum Gasteiger partial charge on any atom is 0.337 e. The molecular weight excluding hydrogens is 288 g/mol. The summed E-state index contributed by atoms with van der Waals surface area (Å²) in [5.41, 5.74) is 2.03. The van der Waals surface area contributed by atoms with Crippen molar-refractivity contribution in [3.63, 3.8) is 0 Å². The summed E-state index contributed by atoms with van der Waals surface area (Å²) >= 11 is 0. The first kappa shape index (κ1) is 16.1. The predicted molar refractivity (Wildman–Crippen MR) is 79.4 cm³/mol. The first-order valence-corrected chi connectivity index (χ1v) is 6.87. The normalized spacial score (nSPS) is 12.0. The van der Waals surface area contributed by atoms with Gasteiger partial charge in [-0.1, -0.05) is 18.2 Å². The lowest BCUT2D eigenvalue weighted by Gasteiger charge is -2.15.